The molecule has 3 nitrogen and oxygen atoms in total. The van der Waals surface area contributed by atoms with Gasteiger partial charge in [0.2, 0.25) is 0 Å². The van der Waals surface area contributed by atoms with Crippen LogP contribution in [0.25, 0.3) is 0 Å². The van der Waals surface area contributed by atoms with Crippen LogP contribution < -0.4 is 11.1 Å². The standard InChI is InChI=1S/C13H15N3/c14-9-10-8-11(15)6-7-13(10)16-12-4-2-1-3-5-12/h1-2,6-8,12,16H,3-5,15H2. The average molecular weight is 213 g/mol. The van der Waals surface area contributed by atoms with E-state index in [1.165, 1.54) is 0 Å². The van der Waals surface area contributed by atoms with Crippen LogP contribution in [0, 0.1) is 11.3 Å². The quantitative estimate of drug-likeness (QED) is 0.586. The molecule has 0 amide bonds. The Bertz CT molecular complexity index is 443. The van der Waals surface area contributed by atoms with Crippen molar-refractivity contribution in [3.05, 3.63) is 35.9 Å². The average Bonchev–Trinajstić information content (AvgIpc) is 2.33. The van der Waals surface area contributed by atoms with Gasteiger partial charge in [-0.15, -0.1) is 0 Å². The summed E-state index contributed by atoms with van der Waals surface area (Å²) in [5.41, 5.74) is 7.78. The van der Waals surface area contributed by atoms with Gasteiger partial charge in [-0.2, -0.15) is 5.26 Å². The Balaban J connectivity index is 2.15. The van der Waals surface area contributed by atoms with Crippen LogP contribution in [0.4, 0.5) is 11.4 Å². The lowest BCUT2D eigenvalue weighted by Gasteiger charge is -2.21. The largest absolute Gasteiger partial charge is 0.399 e. The number of nitrogens with two attached hydrogens (primary N) is 1. The van der Waals surface area contributed by atoms with Crippen molar-refractivity contribution in [2.45, 2.75) is 25.3 Å². The smallest absolute Gasteiger partial charge is 0.101 e. The van der Waals surface area contributed by atoms with E-state index < -0.39 is 0 Å². The maximum Gasteiger partial charge on any atom is 0.101 e. The number of benzene rings is 1. The molecule has 1 atom stereocenters. The van der Waals surface area contributed by atoms with Gasteiger partial charge in [-0.05, 0) is 37.5 Å². The van der Waals surface area contributed by atoms with Crippen molar-refractivity contribution in [1.29, 1.82) is 5.26 Å². The highest BCUT2D eigenvalue weighted by atomic mass is 14.9. The SMILES string of the molecule is N#Cc1cc(N)ccc1NC1CC=CCC1. The molecule has 1 aliphatic rings. The zero-order valence-corrected chi connectivity index (χ0v) is 9.11. The summed E-state index contributed by atoms with van der Waals surface area (Å²) in [5, 5.41) is 12.4. The fourth-order valence-corrected chi connectivity index (χ4v) is 1.92. The van der Waals surface area contributed by atoms with Gasteiger partial charge in [0, 0.05) is 11.7 Å². The van der Waals surface area contributed by atoms with Crippen molar-refractivity contribution < 1.29 is 0 Å². The van der Waals surface area contributed by atoms with E-state index in [1.807, 2.05) is 12.1 Å². The molecule has 0 aromatic heterocycles. The molecule has 1 aromatic rings. The molecule has 3 N–H and O–H groups in total. The summed E-state index contributed by atoms with van der Waals surface area (Å²) in [6.45, 7) is 0. The summed E-state index contributed by atoms with van der Waals surface area (Å²) in [6, 6.07) is 8.01. The maximum absolute atomic E-state index is 9.01. The third-order valence-corrected chi connectivity index (χ3v) is 2.79. The van der Waals surface area contributed by atoms with E-state index in [2.05, 4.69) is 23.5 Å². The topological polar surface area (TPSA) is 61.8 Å². The number of nitrogens with one attached hydrogen (secondary N) is 1. The second-order valence-corrected chi connectivity index (χ2v) is 4.04. The van der Waals surface area contributed by atoms with E-state index in [0.29, 0.717) is 17.3 Å². The zero-order valence-electron chi connectivity index (χ0n) is 9.11. The van der Waals surface area contributed by atoms with Crippen LogP contribution in [0.15, 0.2) is 30.4 Å². The number of hydrogen-bond donors (Lipinski definition) is 2. The first-order chi connectivity index (χ1) is 7.79. The molecular formula is C13H15N3. The zero-order chi connectivity index (χ0) is 11.4. The highest BCUT2D eigenvalue weighted by Gasteiger charge is 2.11. The van der Waals surface area contributed by atoms with Gasteiger partial charge in [-0.3, -0.25) is 0 Å². The first-order valence-corrected chi connectivity index (χ1v) is 5.51. The Labute approximate surface area is 95.6 Å². The van der Waals surface area contributed by atoms with E-state index in [0.717, 1.165) is 24.9 Å². The highest BCUT2D eigenvalue weighted by molar-refractivity contribution is 5.63. The minimum Gasteiger partial charge on any atom is -0.399 e. The molecule has 0 bridgehead atoms. The Morgan fingerprint density at radius 1 is 1.38 bits per heavy atom. The van der Waals surface area contributed by atoms with E-state index in [1.54, 1.807) is 6.07 Å². The van der Waals surface area contributed by atoms with Gasteiger partial charge in [0.1, 0.15) is 6.07 Å². The van der Waals surface area contributed by atoms with Gasteiger partial charge in [0.25, 0.3) is 0 Å². The highest BCUT2D eigenvalue weighted by Crippen LogP contribution is 2.22. The molecule has 1 aromatic carbocycles. The Morgan fingerprint density at radius 3 is 2.94 bits per heavy atom. The molecule has 0 spiro atoms. The number of nitrogen functional groups attached to an aromatic ring is 1. The molecule has 82 valence electrons. The summed E-state index contributed by atoms with van der Waals surface area (Å²) in [6.07, 6.45) is 7.63. The Hall–Kier alpha value is -1.95. The van der Waals surface area contributed by atoms with Crippen molar-refractivity contribution in [3.63, 3.8) is 0 Å². The number of nitrogens with zero attached hydrogens (tertiary/aromatic N) is 1. The van der Waals surface area contributed by atoms with Gasteiger partial charge in [-0.25, -0.2) is 0 Å². The van der Waals surface area contributed by atoms with Crippen LogP contribution >= 0.6 is 0 Å². The molecule has 1 unspecified atom stereocenters. The maximum atomic E-state index is 9.01. The van der Waals surface area contributed by atoms with E-state index in [9.17, 15) is 0 Å². The first-order valence-electron chi connectivity index (χ1n) is 5.51. The second kappa shape index (κ2) is 4.71. The molecule has 0 heterocycles. The predicted octanol–water partition coefficient (Wildman–Crippen LogP) is 2.66. The van der Waals surface area contributed by atoms with Gasteiger partial charge in [0.15, 0.2) is 0 Å². The minimum atomic E-state index is 0.431. The van der Waals surface area contributed by atoms with E-state index in [4.69, 9.17) is 11.0 Å². The first kappa shape index (κ1) is 10.6. The lowest BCUT2D eigenvalue weighted by molar-refractivity contribution is 0.644. The summed E-state index contributed by atoms with van der Waals surface area (Å²) in [4.78, 5) is 0. The van der Waals surface area contributed by atoms with Crippen LogP contribution in [0.5, 0.6) is 0 Å². The molecule has 0 aliphatic heterocycles. The number of allylic oxidation sites excluding steroid dienone is 1. The number of anilines is 2. The minimum absolute atomic E-state index is 0.431. The van der Waals surface area contributed by atoms with Crippen LogP contribution in [-0.2, 0) is 0 Å². The molecule has 0 saturated heterocycles. The van der Waals surface area contributed by atoms with Gasteiger partial charge >= 0.3 is 0 Å². The van der Waals surface area contributed by atoms with Crippen LogP contribution in [0.1, 0.15) is 24.8 Å². The van der Waals surface area contributed by atoms with E-state index >= 15 is 0 Å². The lowest BCUT2D eigenvalue weighted by atomic mass is 10.0. The van der Waals surface area contributed by atoms with Crippen LogP contribution in [-0.4, -0.2) is 6.04 Å². The van der Waals surface area contributed by atoms with Crippen LogP contribution in [0.2, 0.25) is 0 Å². The van der Waals surface area contributed by atoms with Crippen molar-refractivity contribution in [2.75, 3.05) is 11.1 Å². The third kappa shape index (κ3) is 2.34. The molecule has 2 rings (SSSR count). The summed E-state index contributed by atoms with van der Waals surface area (Å²) < 4.78 is 0. The van der Waals surface area contributed by atoms with Gasteiger partial charge < -0.3 is 11.1 Å². The summed E-state index contributed by atoms with van der Waals surface area (Å²) in [7, 11) is 0. The molecule has 0 saturated carbocycles. The van der Waals surface area contributed by atoms with Crippen molar-refractivity contribution in [3.8, 4) is 6.07 Å². The Kier molecular flexibility index (Phi) is 3.11. The molecule has 3 heteroatoms. The van der Waals surface area contributed by atoms with E-state index in [-0.39, 0.29) is 0 Å². The van der Waals surface area contributed by atoms with Crippen molar-refractivity contribution in [1.82, 2.24) is 0 Å². The van der Waals surface area contributed by atoms with Gasteiger partial charge in [0.05, 0.1) is 11.3 Å². The lowest BCUT2D eigenvalue weighted by Crippen LogP contribution is -2.20. The molecular weight excluding hydrogens is 198 g/mol. The normalized spacial score (nSPS) is 19.1. The number of nitriles is 1. The summed E-state index contributed by atoms with van der Waals surface area (Å²) in [5.74, 6) is 0. The molecule has 1 aliphatic carbocycles. The monoisotopic (exact) mass is 213 g/mol. The Morgan fingerprint density at radius 2 is 2.25 bits per heavy atom. The fourth-order valence-electron chi connectivity index (χ4n) is 1.92. The van der Waals surface area contributed by atoms with Crippen molar-refractivity contribution in [2.24, 2.45) is 0 Å². The third-order valence-electron chi connectivity index (χ3n) is 2.79. The van der Waals surface area contributed by atoms with Gasteiger partial charge in [-0.1, -0.05) is 12.2 Å². The number of hydrogen-bond acceptors (Lipinski definition) is 3. The fraction of sp³-hybridized carbons (Fsp3) is 0.308. The molecule has 0 radical (unpaired) electrons. The van der Waals surface area contributed by atoms with Crippen LogP contribution in [0.3, 0.4) is 0 Å². The summed E-state index contributed by atoms with van der Waals surface area (Å²) >= 11 is 0. The molecule has 0 fully saturated rings. The second-order valence-electron chi connectivity index (χ2n) is 4.04. The molecule has 16 heavy (non-hydrogen) atoms. The van der Waals surface area contributed by atoms with Crippen molar-refractivity contribution >= 4 is 11.4 Å². The number of rotatable bonds is 2. The predicted molar refractivity (Wildman–Crippen MR) is 66.0 cm³/mol.